The zero-order chi connectivity index (χ0) is 14.1. The molecule has 0 unspecified atom stereocenters. The molecule has 0 spiro atoms. The summed E-state index contributed by atoms with van der Waals surface area (Å²) in [7, 11) is 0. The minimum atomic E-state index is 0.449. The van der Waals surface area contributed by atoms with Gasteiger partial charge in [-0.25, -0.2) is 4.98 Å². The van der Waals surface area contributed by atoms with Crippen molar-refractivity contribution in [1.82, 2.24) is 9.55 Å². The summed E-state index contributed by atoms with van der Waals surface area (Å²) in [6.07, 6.45) is 0. The van der Waals surface area contributed by atoms with Crippen LogP contribution in [0.1, 0.15) is 6.92 Å². The second-order valence-electron chi connectivity index (χ2n) is 4.34. The monoisotopic (exact) mass is 331 g/mol. The number of hydrogen-bond donors (Lipinski definition) is 1. The number of para-hydroxylation sites is 2. The van der Waals surface area contributed by atoms with Gasteiger partial charge in [-0.05, 0) is 37.3 Å². The number of benzene rings is 2. The van der Waals surface area contributed by atoms with Gasteiger partial charge < -0.3 is 10.5 Å². The van der Waals surface area contributed by atoms with E-state index in [9.17, 15) is 0 Å². The lowest BCUT2D eigenvalue weighted by molar-refractivity contribution is 0.339. The molecule has 0 aliphatic carbocycles. The van der Waals surface area contributed by atoms with Crippen LogP contribution in [0.4, 0.5) is 5.95 Å². The van der Waals surface area contributed by atoms with E-state index in [1.807, 2.05) is 54.0 Å². The molecule has 0 atom stereocenters. The lowest BCUT2D eigenvalue weighted by Crippen LogP contribution is -2.04. The molecule has 0 radical (unpaired) electrons. The Morgan fingerprint density at radius 1 is 1.25 bits per heavy atom. The van der Waals surface area contributed by atoms with Crippen LogP contribution >= 0.6 is 15.9 Å². The third-order valence-electron chi connectivity index (χ3n) is 3.05. The van der Waals surface area contributed by atoms with Crippen molar-refractivity contribution in [1.29, 1.82) is 0 Å². The fraction of sp³-hybridized carbons (Fsp3) is 0.133. The van der Waals surface area contributed by atoms with Gasteiger partial charge in [-0.15, -0.1) is 0 Å². The van der Waals surface area contributed by atoms with E-state index in [-0.39, 0.29) is 0 Å². The minimum Gasteiger partial charge on any atom is -0.492 e. The summed E-state index contributed by atoms with van der Waals surface area (Å²) >= 11 is 3.45. The molecule has 2 N–H and O–H groups in total. The molecule has 5 heteroatoms. The Morgan fingerprint density at radius 2 is 2.05 bits per heavy atom. The summed E-state index contributed by atoms with van der Waals surface area (Å²) in [5.74, 6) is 1.24. The summed E-state index contributed by atoms with van der Waals surface area (Å²) in [6, 6.07) is 13.7. The van der Waals surface area contributed by atoms with Gasteiger partial charge in [0.05, 0.1) is 23.3 Å². The van der Waals surface area contributed by atoms with Crippen molar-refractivity contribution < 1.29 is 4.74 Å². The number of halogens is 1. The van der Waals surface area contributed by atoms with Gasteiger partial charge in [0, 0.05) is 4.47 Å². The Morgan fingerprint density at radius 3 is 2.85 bits per heavy atom. The predicted octanol–water partition coefficient (Wildman–Crippen LogP) is 3.77. The van der Waals surface area contributed by atoms with E-state index in [4.69, 9.17) is 10.5 Å². The van der Waals surface area contributed by atoms with Crippen LogP contribution in [0.15, 0.2) is 46.9 Å². The Bertz CT molecular complexity index is 767. The van der Waals surface area contributed by atoms with Gasteiger partial charge >= 0.3 is 0 Å². The number of anilines is 1. The van der Waals surface area contributed by atoms with Crippen molar-refractivity contribution in [2.24, 2.45) is 0 Å². The maximum atomic E-state index is 6.08. The SMILES string of the molecule is CCOc1ccccc1-n1c(N)nc2cc(Br)ccc21. The van der Waals surface area contributed by atoms with E-state index in [1.54, 1.807) is 0 Å². The Hall–Kier alpha value is -2.01. The van der Waals surface area contributed by atoms with Crippen molar-refractivity contribution in [3.63, 3.8) is 0 Å². The topological polar surface area (TPSA) is 53.1 Å². The molecule has 0 saturated carbocycles. The van der Waals surface area contributed by atoms with E-state index in [0.717, 1.165) is 26.9 Å². The first-order chi connectivity index (χ1) is 9.70. The van der Waals surface area contributed by atoms with Crippen molar-refractivity contribution in [3.8, 4) is 11.4 Å². The quantitative estimate of drug-likeness (QED) is 0.794. The highest BCUT2D eigenvalue weighted by Gasteiger charge is 2.13. The van der Waals surface area contributed by atoms with E-state index >= 15 is 0 Å². The van der Waals surface area contributed by atoms with Crippen LogP contribution in [-0.4, -0.2) is 16.2 Å². The van der Waals surface area contributed by atoms with Crippen LogP contribution in [0.3, 0.4) is 0 Å². The number of imidazole rings is 1. The van der Waals surface area contributed by atoms with Crippen molar-refractivity contribution in [2.45, 2.75) is 6.92 Å². The van der Waals surface area contributed by atoms with Crippen LogP contribution in [0.5, 0.6) is 5.75 Å². The minimum absolute atomic E-state index is 0.449. The van der Waals surface area contributed by atoms with Gasteiger partial charge in [0.1, 0.15) is 5.75 Å². The van der Waals surface area contributed by atoms with Gasteiger partial charge in [-0.3, -0.25) is 4.57 Å². The Labute approximate surface area is 125 Å². The average molecular weight is 332 g/mol. The third kappa shape index (κ3) is 2.14. The van der Waals surface area contributed by atoms with Crippen molar-refractivity contribution >= 4 is 32.9 Å². The van der Waals surface area contributed by atoms with Crippen LogP contribution in [0.25, 0.3) is 16.7 Å². The lowest BCUT2D eigenvalue weighted by atomic mass is 10.2. The maximum Gasteiger partial charge on any atom is 0.206 e. The third-order valence-corrected chi connectivity index (χ3v) is 3.54. The number of aromatic nitrogens is 2. The molecule has 0 aliphatic heterocycles. The van der Waals surface area contributed by atoms with Crippen LogP contribution in [0, 0.1) is 0 Å². The van der Waals surface area contributed by atoms with Gasteiger partial charge in [0.25, 0.3) is 0 Å². The van der Waals surface area contributed by atoms with Gasteiger partial charge in [0.2, 0.25) is 5.95 Å². The summed E-state index contributed by atoms with van der Waals surface area (Å²) in [5.41, 5.74) is 8.79. The number of nitrogen functional groups attached to an aromatic ring is 1. The molecule has 0 aliphatic rings. The molecule has 1 heterocycles. The molecule has 0 fully saturated rings. The Balaban J connectivity index is 2.27. The highest BCUT2D eigenvalue weighted by molar-refractivity contribution is 9.10. The molecular weight excluding hydrogens is 318 g/mol. The number of fused-ring (bicyclic) bond motifs is 1. The standard InChI is InChI=1S/C15H14BrN3O/c1-2-20-14-6-4-3-5-13(14)19-12-8-7-10(16)9-11(12)18-15(19)17/h3-9H,2H2,1H3,(H2,17,18). The molecule has 102 valence electrons. The number of ether oxygens (including phenoxy) is 1. The second-order valence-corrected chi connectivity index (χ2v) is 5.25. The van der Waals surface area contributed by atoms with Gasteiger partial charge in [-0.2, -0.15) is 0 Å². The van der Waals surface area contributed by atoms with Crippen LogP contribution in [0.2, 0.25) is 0 Å². The van der Waals surface area contributed by atoms with E-state index in [2.05, 4.69) is 20.9 Å². The normalized spacial score (nSPS) is 10.9. The average Bonchev–Trinajstić information content (AvgIpc) is 2.75. The first-order valence-electron chi connectivity index (χ1n) is 6.36. The zero-order valence-corrected chi connectivity index (χ0v) is 12.6. The highest BCUT2D eigenvalue weighted by atomic mass is 79.9. The summed E-state index contributed by atoms with van der Waals surface area (Å²) in [4.78, 5) is 4.41. The highest BCUT2D eigenvalue weighted by Crippen LogP contribution is 2.30. The van der Waals surface area contributed by atoms with E-state index < -0.39 is 0 Å². The van der Waals surface area contributed by atoms with E-state index in [0.29, 0.717) is 12.6 Å². The summed E-state index contributed by atoms with van der Waals surface area (Å²) < 4.78 is 8.56. The van der Waals surface area contributed by atoms with Crippen molar-refractivity contribution in [3.05, 3.63) is 46.9 Å². The molecule has 2 aromatic carbocycles. The molecule has 1 aromatic heterocycles. The largest absolute Gasteiger partial charge is 0.492 e. The molecule has 3 rings (SSSR count). The van der Waals surface area contributed by atoms with Gasteiger partial charge in [-0.1, -0.05) is 28.1 Å². The second kappa shape index (κ2) is 5.17. The molecular formula is C15H14BrN3O. The number of nitrogens with two attached hydrogens (primary N) is 1. The smallest absolute Gasteiger partial charge is 0.206 e. The fourth-order valence-electron chi connectivity index (χ4n) is 2.24. The first-order valence-corrected chi connectivity index (χ1v) is 7.15. The number of hydrogen-bond acceptors (Lipinski definition) is 3. The molecule has 3 aromatic rings. The van der Waals surface area contributed by atoms with Gasteiger partial charge in [0.15, 0.2) is 0 Å². The molecule has 4 nitrogen and oxygen atoms in total. The number of nitrogens with zero attached hydrogens (tertiary/aromatic N) is 2. The van der Waals surface area contributed by atoms with Crippen LogP contribution < -0.4 is 10.5 Å². The molecule has 0 saturated heterocycles. The summed E-state index contributed by atoms with van der Waals surface area (Å²) in [5, 5.41) is 0. The molecule has 20 heavy (non-hydrogen) atoms. The maximum absolute atomic E-state index is 6.08. The van der Waals surface area contributed by atoms with Crippen molar-refractivity contribution in [2.75, 3.05) is 12.3 Å². The predicted molar refractivity (Wildman–Crippen MR) is 84.4 cm³/mol. The molecule has 0 bridgehead atoms. The lowest BCUT2D eigenvalue weighted by Gasteiger charge is -2.12. The Kier molecular flexibility index (Phi) is 3.36. The first kappa shape index (κ1) is 13.0. The zero-order valence-electron chi connectivity index (χ0n) is 11.0. The van der Waals surface area contributed by atoms with E-state index in [1.165, 1.54) is 0 Å². The molecule has 0 amide bonds. The number of rotatable bonds is 3. The summed E-state index contributed by atoms with van der Waals surface area (Å²) in [6.45, 7) is 2.57. The van der Waals surface area contributed by atoms with Crippen LogP contribution in [-0.2, 0) is 0 Å². The fourth-order valence-corrected chi connectivity index (χ4v) is 2.59.